The molecule has 0 aromatic heterocycles. The van der Waals surface area contributed by atoms with Gasteiger partial charge in [0.25, 0.3) is 0 Å². The molecule has 1 unspecified atom stereocenters. The van der Waals surface area contributed by atoms with Gasteiger partial charge in [-0.3, -0.25) is 4.79 Å². The number of carboxylic acids is 1. The highest BCUT2D eigenvalue weighted by molar-refractivity contribution is 5.66. The maximum atomic E-state index is 10.4. The van der Waals surface area contributed by atoms with Crippen LogP contribution in [0.1, 0.15) is 122 Å². The second-order valence-electron chi connectivity index (χ2n) is 8.63. The van der Waals surface area contributed by atoms with Crippen molar-refractivity contribution >= 4 is 5.97 Å². The normalized spacial score (nSPS) is 12.9. The third-order valence-corrected chi connectivity index (χ3v) is 5.71. The second-order valence-corrected chi connectivity index (χ2v) is 8.63. The van der Waals surface area contributed by atoms with Crippen LogP contribution in [0, 0.1) is 0 Å². The maximum Gasteiger partial charge on any atom is 0.303 e. The fraction of sp³-hybridized carbons (Fsp3) is 0.880. The minimum absolute atomic E-state index is 0.318. The molecule has 0 fully saturated rings. The van der Waals surface area contributed by atoms with Crippen molar-refractivity contribution in [3.05, 3.63) is 12.2 Å². The Kier molecular flexibility index (Phi) is 20.3. The van der Waals surface area contributed by atoms with Crippen LogP contribution in [0.5, 0.6) is 0 Å². The van der Waals surface area contributed by atoms with Crippen LogP contribution in [0.25, 0.3) is 0 Å². The van der Waals surface area contributed by atoms with E-state index in [1.165, 1.54) is 83.5 Å². The zero-order valence-electron chi connectivity index (χ0n) is 19.3. The van der Waals surface area contributed by atoms with Gasteiger partial charge in [-0.05, 0) is 59.0 Å². The molecule has 1 N–H and O–H groups in total. The molecular weight excluding hydrogens is 346 g/mol. The summed E-state index contributed by atoms with van der Waals surface area (Å²) in [7, 11) is 4.49. The molecule has 0 saturated heterocycles. The summed E-state index contributed by atoms with van der Waals surface area (Å²) in [4.78, 5) is 12.9. The lowest BCUT2D eigenvalue weighted by Gasteiger charge is -2.24. The van der Waals surface area contributed by atoms with Gasteiger partial charge in [0.05, 0.1) is 0 Å². The van der Waals surface area contributed by atoms with E-state index in [-0.39, 0.29) is 0 Å². The van der Waals surface area contributed by atoms with Gasteiger partial charge in [-0.1, -0.05) is 83.3 Å². The van der Waals surface area contributed by atoms with Crippen molar-refractivity contribution in [3.8, 4) is 0 Å². The molecule has 3 nitrogen and oxygen atoms in total. The van der Waals surface area contributed by atoms with Crippen molar-refractivity contribution in [3.63, 3.8) is 0 Å². The van der Waals surface area contributed by atoms with Crippen molar-refractivity contribution in [2.24, 2.45) is 0 Å². The van der Waals surface area contributed by atoms with E-state index in [0.717, 1.165) is 31.7 Å². The minimum atomic E-state index is -0.671. The van der Waals surface area contributed by atoms with Crippen molar-refractivity contribution in [2.45, 2.75) is 129 Å². The molecule has 3 heteroatoms. The molecule has 0 aromatic carbocycles. The molecule has 0 rings (SSSR count). The Morgan fingerprint density at radius 2 is 1.21 bits per heavy atom. The highest BCUT2D eigenvalue weighted by Crippen LogP contribution is 2.16. The topological polar surface area (TPSA) is 40.5 Å². The van der Waals surface area contributed by atoms with Crippen LogP contribution in [0.15, 0.2) is 12.2 Å². The number of rotatable bonds is 21. The van der Waals surface area contributed by atoms with E-state index in [2.05, 4.69) is 38.1 Å². The molecule has 0 aliphatic heterocycles. The third-order valence-electron chi connectivity index (χ3n) is 5.71. The number of unbranched alkanes of at least 4 members (excludes halogenated alkanes) is 12. The molecule has 0 radical (unpaired) electrons. The summed E-state index contributed by atoms with van der Waals surface area (Å²) in [5.41, 5.74) is 0. The van der Waals surface area contributed by atoms with Gasteiger partial charge in [0.15, 0.2) is 0 Å². The first-order valence-corrected chi connectivity index (χ1v) is 12.1. The number of hydrogen-bond donors (Lipinski definition) is 1. The summed E-state index contributed by atoms with van der Waals surface area (Å²) < 4.78 is 0. The zero-order valence-corrected chi connectivity index (χ0v) is 19.3. The predicted molar refractivity (Wildman–Crippen MR) is 123 cm³/mol. The Balaban J connectivity index is 3.41. The summed E-state index contributed by atoms with van der Waals surface area (Å²) in [6.45, 7) is 2.28. The van der Waals surface area contributed by atoms with Gasteiger partial charge >= 0.3 is 5.97 Å². The lowest BCUT2D eigenvalue weighted by molar-refractivity contribution is -0.137. The van der Waals surface area contributed by atoms with Crippen LogP contribution < -0.4 is 0 Å². The Morgan fingerprint density at radius 1 is 0.750 bits per heavy atom. The molecule has 0 heterocycles. The molecule has 0 aliphatic carbocycles. The van der Waals surface area contributed by atoms with Crippen molar-refractivity contribution < 1.29 is 9.90 Å². The van der Waals surface area contributed by atoms with Crippen LogP contribution in [0.4, 0.5) is 0 Å². The summed E-state index contributed by atoms with van der Waals surface area (Å²) in [5, 5.41) is 8.58. The Morgan fingerprint density at radius 3 is 1.71 bits per heavy atom. The van der Waals surface area contributed by atoms with Gasteiger partial charge in [-0.15, -0.1) is 0 Å². The van der Waals surface area contributed by atoms with Gasteiger partial charge in [-0.25, -0.2) is 0 Å². The maximum absolute atomic E-state index is 10.4. The molecule has 0 saturated carbocycles. The van der Waals surface area contributed by atoms with Crippen molar-refractivity contribution in [1.29, 1.82) is 0 Å². The first-order chi connectivity index (χ1) is 13.6. The van der Waals surface area contributed by atoms with Crippen LogP contribution in [-0.2, 0) is 4.79 Å². The number of carbonyl (C=O) groups is 1. The summed E-state index contributed by atoms with van der Waals surface area (Å²) in [6.07, 6.45) is 26.7. The van der Waals surface area contributed by atoms with E-state index in [0.29, 0.717) is 6.42 Å². The molecule has 1 atom stereocenters. The van der Waals surface area contributed by atoms with E-state index >= 15 is 0 Å². The molecular formula is C25H49NO2. The molecule has 0 bridgehead atoms. The second kappa shape index (κ2) is 20.9. The molecule has 0 spiro atoms. The molecule has 166 valence electrons. The number of nitrogens with zero attached hydrogens (tertiary/aromatic N) is 1. The Hall–Kier alpha value is -0.830. The highest BCUT2D eigenvalue weighted by atomic mass is 16.4. The summed E-state index contributed by atoms with van der Waals surface area (Å²) in [5.74, 6) is -0.671. The van der Waals surface area contributed by atoms with E-state index in [1.807, 2.05) is 0 Å². The largest absolute Gasteiger partial charge is 0.481 e. The molecule has 0 aromatic rings. The first kappa shape index (κ1) is 27.2. The predicted octanol–water partition coefficient (Wildman–Crippen LogP) is 7.60. The SMILES string of the molecule is CCCCCCC(CCCCCCCCC=CCCCCCC(=O)O)N(C)C. The zero-order chi connectivity index (χ0) is 20.9. The smallest absolute Gasteiger partial charge is 0.303 e. The Bertz CT molecular complexity index is 366. The highest BCUT2D eigenvalue weighted by Gasteiger charge is 2.10. The van der Waals surface area contributed by atoms with E-state index in [1.54, 1.807) is 0 Å². The van der Waals surface area contributed by atoms with Gasteiger partial charge < -0.3 is 10.0 Å². The number of hydrogen-bond acceptors (Lipinski definition) is 2. The van der Waals surface area contributed by atoms with Crippen molar-refractivity contribution in [1.82, 2.24) is 4.90 Å². The number of aliphatic carboxylic acids is 1. The summed E-state index contributed by atoms with van der Waals surface area (Å²) >= 11 is 0. The fourth-order valence-electron chi connectivity index (χ4n) is 3.77. The number of carboxylic acid groups (broad SMARTS) is 1. The average Bonchev–Trinajstić information content (AvgIpc) is 2.65. The third kappa shape index (κ3) is 19.9. The fourth-order valence-corrected chi connectivity index (χ4v) is 3.77. The lowest BCUT2D eigenvalue weighted by Crippen LogP contribution is -2.27. The monoisotopic (exact) mass is 395 g/mol. The van der Waals surface area contributed by atoms with Crippen LogP contribution in [0.3, 0.4) is 0 Å². The molecule has 0 aliphatic rings. The standard InChI is InChI=1S/C25H49NO2/c1-4-5-6-18-21-24(26(2)3)22-19-16-14-12-10-8-7-9-11-13-15-17-20-23-25(27)28/h9,11,24H,4-8,10,12-23H2,1-3H3,(H,27,28). The minimum Gasteiger partial charge on any atom is -0.481 e. The van der Waals surface area contributed by atoms with Crippen LogP contribution >= 0.6 is 0 Å². The van der Waals surface area contributed by atoms with Crippen LogP contribution in [-0.4, -0.2) is 36.1 Å². The quantitative estimate of drug-likeness (QED) is 0.161. The van der Waals surface area contributed by atoms with Gasteiger partial charge in [-0.2, -0.15) is 0 Å². The number of allylic oxidation sites excluding steroid dienone is 2. The first-order valence-electron chi connectivity index (χ1n) is 12.1. The Labute approximate surface area is 176 Å². The van der Waals surface area contributed by atoms with Gasteiger partial charge in [0.1, 0.15) is 0 Å². The van der Waals surface area contributed by atoms with Crippen LogP contribution in [0.2, 0.25) is 0 Å². The van der Waals surface area contributed by atoms with E-state index < -0.39 is 5.97 Å². The van der Waals surface area contributed by atoms with Crippen molar-refractivity contribution in [2.75, 3.05) is 14.1 Å². The van der Waals surface area contributed by atoms with Gasteiger partial charge in [0.2, 0.25) is 0 Å². The molecule has 0 amide bonds. The van der Waals surface area contributed by atoms with E-state index in [4.69, 9.17) is 5.11 Å². The van der Waals surface area contributed by atoms with E-state index in [9.17, 15) is 4.79 Å². The lowest BCUT2D eigenvalue weighted by atomic mass is 9.99. The average molecular weight is 396 g/mol. The summed E-state index contributed by atoms with van der Waals surface area (Å²) in [6, 6.07) is 0.783. The molecule has 28 heavy (non-hydrogen) atoms. The van der Waals surface area contributed by atoms with Gasteiger partial charge in [0, 0.05) is 12.5 Å².